The number of halogens is 4. The molecule has 0 fully saturated rings. The van der Waals surface area contributed by atoms with E-state index in [9.17, 15) is 0 Å². The topological polar surface area (TPSA) is 62.2 Å². The highest BCUT2D eigenvalue weighted by atomic mass is 35.5. The largest absolute Gasteiger partial charge is 0.490 e. The zero-order valence-corrected chi connectivity index (χ0v) is 22.2. The first-order valence-corrected chi connectivity index (χ1v) is 12.4. The highest BCUT2D eigenvalue weighted by molar-refractivity contribution is 6.55. The van der Waals surface area contributed by atoms with Gasteiger partial charge in [0.1, 0.15) is 23.5 Å². The van der Waals surface area contributed by atoms with Crippen molar-refractivity contribution < 1.29 is 19.0 Å². The van der Waals surface area contributed by atoms with Gasteiger partial charge in [0.15, 0.2) is 5.75 Å². The molecule has 0 radical (unpaired) electrons. The molecule has 2 rings (SSSR count). The summed E-state index contributed by atoms with van der Waals surface area (Å²) in [7, 11) is 0. The van der Waals surface area contributed by atoms with Crippen LogP contribution in [0.2, 0.25) is 10.0 Å². The minimum Gasteiger partial charge on any atom is -0.490 e. The van der Waals surface area contributed by atoms with Crippen LogP contribution in [0.1, 0.15) is 45.1 Å². The van der Waals surface area contributed by atoms with Gasteiger partial charge in [-0.25, -0.2) is 4.98 Å². The van der Waals surface area contributed by atoms with Crippen molar-refractivity contribution in [2.24, 2.45) is 5.16 Å². The van der Waals surface area contributed by atoms with E-state index in [2.05, 4.69) is 17.1 Å². The number of benzene rings is 1. The van der Waals surface area contributed by atoms with Crippen molar-refractivity contribution in [3.8, 4) is 17.4 Å². The van der Waals surface area contributed by atoms with Gasteiger partial charge < -0.3 is 19.0 Å². The predicted octanol–water partition coefficient (Wildman–Crippen LogP) is 7.86. The van der Waals surface area contributed by atoms with Gasteiger partial charge in [-0.05, 0) is 38.3 Å². The summed E-state index contributed by atoms with van der Waals surface area (Å²) in [5.74, 6) is 1.46. The molecule has 0 aliphatic rings. The van der Waals surface area contributed by atoms with Gasteiger partial charge in [0.25, 0.3) is 0 Å². The van der Waals surface area contributed by atoms with Gasteiger partial charge in [-0.15, -0.1) is 0 Å². The fourth-order valence-electron chi connectivity index (χ4n) is 2.60. The molecule has 0 unspecified atom stereocenters. The molecule has 0 aliphatic heterocycles. The lowest BCUT2D eigenvalue weighted by atomic mass is 10.2. The molecule has 186 valence electrons. The van der Waals surface area contributed by atoms with Crippen LogP contribution in [-0.4, -0.2) is 37.1 Å². The summed E-state index contributed by atoms with van der Waals surface area (Å²) in [5, 5.41) is 4.82. The molecule has 0 spiro atoms. The number of hydrogen-bond donors (Lipinski definition) is 0. The summed E-state index contributed by atoms with van der Waals surface area (Å²) >= 11 is 23.6. The molecule has 0 amide bonds. The highest BCUT2D eigenvalue weighted by Gasteiger charge is 2.11. The van der Waals surface area contributed by atoms with Gasteiger partial charge in [-0.1, -0.05) is 64.9 Å². The number of aromatic nitrogens is 1. The summed E-state index contributed by atoms with van der Waals surface area (Å²) in [6.07, 6.45) is 6.82. The molecule has 1 heterocycles. The molecule has 6 nitrogen and oxygen atoms in total. The SMILES string of the molecule is CCCCON=C(C)c1ccc(OCCCCOc2c(Cl)cc(OCC=C(Cl)Cl)cc2Cl)nc1. The first-order chi connectivity index (χ1) is 16.4. The van der Waals surface area contributed by atoms with E-state index in [1.54, 1.807) is 18.3 Å². The van der Waals surface area contributed by atoms with Crippen LogP contribution in [0.3, 0.4) is 0 Å². The van der Waals surface area contributed by atoms with E-state index in [0.29, 0.717) is 47.2 Å². The molecule has 34 heavy (non-hydrogen) atoms. The summed E-state index contributed by atoms with van der Waals surface area (Å²) < 4.78 is 17.0. The van der Waals surface area contributed by atoms with E-state index < -0.39 is 0 Å². The second-order valence-corrected chi connectivity index (χ2v) is 9.00. The molecule has 10 heteroatoms. The lowest BCUT2D eigenvalue weighted by molar-refractivity contribution is 0.141. The number of oxime groups is 1. The zero-order chi connectivity index (χ0) is 24.8. The van der Waals surface area contributed by atoms with Crippen LogP contribution in [0.4, 0.5) is 0 Å². The minimum absolute atomic E-state index is 0.127. The first-order valence-electron chi connectivity index (χ1n) is 10.9. The zero-order valence-electron chi connectivity index (χ0n) is 19.2. The quantitative estimate of drug-likeness (QED) is 0.128. The van der Waals surface area contributed by atoms with Crippen LogP contribution in [0.5, 0.6) is 17.4 Å². The fourth-order valence-corrected chi connectivity index (χ4v) is 3.30. The molecule has 0 saturated heterocycles. The molecule has 0 atom stereocenters. The fraction of sp³-hybridized carbons (Fsp3) is 0.417. The Morgan fingerprint density at radius 3 is 2.29 bits per heavy atom. The first kappa shape index (κ1) is 28.4. The van der Waals surface area contributed by atoms with Crippen molar-refractivity contribution >= 4 is 52.1 Å². The van der Waals surface area contributed by atoms with Crippen molar-refractivity contribution in [3.05, 3.63) is 56.6 Å². The monoisotopic (exact) mass is 548 g/mol. The van der Waals surface area contributed by atoms with E-state index >= 15 is 0 Å². The third-order valence-electron chi connectivity index (χ3n) is 4.44. The Balaban J connectivity index is 1.70. The molecule has 2 aromatic rings. The van der Waals surface area contributed by atoms with E-state index in [1.165, 1.54) is 6.08 Å². The van der Waals surface area contributed by atoms with E-state index in [4.69, 9.17) is 65.5 Å². The summed E-state index contributed by atoms with van der Waals surface area (Å²) in [6, 6.07) is 6.98. The van der Waals surface area contributed by atoms with E-state index in [-0.39, 0.29) is 11.1 Å². The molecule has 0 N–H and O–H groups in total. The van der Waals surface area contributed by atoms with Gasteiger partial charge in [-0.2, -0.15) is 0 Å². The van der Waals surface area contributed by atoms with Crippen molar-refractivity contribution in [1.82, 2.24) is 4.98 Å². The van der Waals surface area contributed by atoms with Crippen LogP contribution in [0.25, 0.3) is 0 Å². The Morgan fingerprint density at radius 2 is 1.68 bits per heavy atom. The van der Waals surface area contributed by atoms with Gasteiger partial charge in [0.05, 0.1) is 29.0 Å². The average Bonchev–Trinajstić information content (AvgIpc) is 2.80. The van der Waals surface area contributed by atoms with Gasteiger partial charge in [0, 0.05) is 30.0 Å². The Kier molecular flexibility index (Phi) is 13.3. The van der Waals surface area contributed by atoms with Gasteiger partial charge in [0.2, 0.25) is 5.88 Å². The summed E-state index contributed by atoms with van der Waals surface area (Å²) in [5.41, 5.74) is 1.67. The lowest BCUT2D eigenvalue weighted by Gasteiger charge is -2.12. The average molecular weight is 550 g/mol. The Morgan fingerprint density at radius 1 is 0.971 bits per heavy atom. The standard InChI is InChI=1S/C24H28Cl4N2O4/c1-3-4-12-34-30-17(2)18-7-8-23(29-16-18)32-10-5-6-11-33-24-20(25)14-19(15-21(24)26)31-13-9-22(27)28/h7-9,14-16H,3-6,10-13H2,1-2H3. The Bertz CT molecular complexity index is 925. The smallest absolute Gasteiger partial charge is 0.213 e. The van der Waals surface area contributed by atoms with Crippen molar-refractivity contribution in [1.29, 1.82) is 0 Å². The molecular formula is C24H28Cl4N2O4. The lowest BCUT2D eigenvalue weighted by Crippen LogP contribution is -2.05. The van der Waals surface area contributed by atoms with Crippen molar-refractivity contribution in [2.45, 2.75) is 39.5 Å². The van der Waals surface area contributed by atoms with Crippen LogP contribution < -0.4 is 14.2 Å². The highest BCUT2D eigenvalue weighted by Crippen LogP contribution is 2.37. The maximum atomic E-state index is 6.27. The number of ether oxygens (including phenoxy) is 3. The number of nitrogens with zero attached hydrogens (tertiary/aromatic N) is 2. The minimum atomic E-state index is 0.127. The summed E-state index contributed by atoms with van der Waals surface area (Å²) in [6.45, 7) is 5.76. The molecule has 0 saturated carbocycles. The maximum absolute atomic E-state index is 6.27. The van der Waals surface area contributed by atoms with Crippen LogP contribution >= 0.6 is 46.4 Å². The van der Waals surface area contributed by atoms with Gasteiger partial charge in [-0.3, -0.25) is 0 Å². The second-order valence-electron chi connectivity index (χ2n) is 7.17. The normalized spacial score (nSPS) is 11.2. The summed E-state index contributed by atoms with van der Waals surface area (Å²) in [4.78, 5) is 9.60. The Labute approximate surface area is 220 Å². The Hall–Kier alpha value is -1.86. The molecule has 0 aliphatic carbocycles. The number of pyridine rings is 1. The van der Waals surface area contributed by atoms with Crippen LogP contribution in [0.15, 0.2) is 46.2 Å². The second kappa shape index (κ2) is 15.9. The molecule has 1 aromatic heterocycles. The molecule has 1 aromatic carbocycles. The third-order valence-corrected chi connectivity index (χ3v) is 5.31. The van der Waals surface area contributed by atoms with Crippen LogP contribution in [0, 0.1) is 0 Å². The molecular weight excluding hydrogens is 522 g/mol. The van der Waals surface area contributed by atoms with E-state index in [1.807, 2.05) is 19.1 Å². The number of rotatable bonds is 15. The molecule has 0 bridgehead atoms. The van der Waals surface area contributed by atoms with Crippen molar-refractivity contribution in [3.63, 3.8) is 0 Å². The number of hydrogen-bond acceptors (Lipinski definition) is 6. The van der Waals surface area contributed by atoms with Crippen molar-refractivity contribution in [2.75, 3.05) is 26.4 Å². The third kappa shape index (κ3) is 10.6. The van der Waals surface area contributed by atoms with Crippen LogP contribution in [-0.2, 0) is 4.84 Å². The maximum Gasteiger partial charge on any atom is 0.213 e. The van der Waals surface area contributed by atoms with Gasteiger partial charge >= 0.3 is 0 Å². The predicted molar refractivity (Wildman–Crippen MR) is 139 cm³/mol. The number of unbranched alkanes of at least 4 members (excludes halogenated alkanes) is 2. The van der Waals surface area contributed by atoms with E-state index in [0.717, 1.165) is 37.0 Å².